The van der Waals surface area contributed by atoms with E-state index < -0.39 is 5.60 Å². The number of nitrogens with zero attached hydrogens (tertiary/aromatic N) is 2. The maximum atomic E-state index is 10.1. The van der Waals surface area contributed by atoms with Gasteiger partial charge in [-0.25, -0.2) is 4.98 Å². The fraction of sp³-hybridized carbons (Fsp3) is 0.688. The molecule has 1 aromatic rings. The summed E-state index contributed by atoms with van der Waals surface area (Å²) in [5.41, 5.74) is 1.91. The zero-order valence-corrected chi connectivity index (χ0v) is 13.3. The van der Waals surface area contributed by atoms with E-state index in [0.717, 1.165) is 25.3 Å². The van der Waals surface area contributed by atoms with Crippen LogP contribution in [0.1, 0.15) is 45.2 Å². The number of rotatable bonds is 3. The second-order valence-corrected chi connectivity index (χ2v) is 7.26. The number of β-amino-alcohol motifs (C(OH)–C–C–N with tert-alkyl or cyclic N) is 1. The molecule has 1 aliphatic heterocycles. The summed E-state index contributed by atoms with van der Waals surface area (Å²) in [5, 5.41) is 13.5. The van der Waals surface area contributed by atoms with Gasteiger partial charge in [0, 0.05) is 31.4 Å². The molecule has 0 radical (unpaired) electrons. The number of pyridine rings is 1. The predicted octanol–water partition coefficient (Wildman–Crippen LogP) is 2.24. The smallest absolute Gasteiger partial charge is 0.131 e. The minimum absolute atomic E-state index is 0.111. The lowest BCUT2D eigenvalue weighted by atomic mass is 10.1. The van der Waals surface area contributed by atoms with Crippen LogP contribution in [0, 0.1) is 6.92 Å². The summed E-state index contributed by atoms with van der Waals surface area (Å²) >= 11 is 0. The minimum Gasteiger partial charge on any atom is -0.388 e. The lowest BCUT2D eigenvalue weighted by molar-refractivity contribution is 0.0839. The van der Waals surface area contributed by atoms with Gasteiger partial charge in [-0.3, -0.25) is 0 Å². The van der Waals surface area contributed by atoms with E-state index in [-0.39, 0.29) is 5.54 Å². The van der Waals surface area contributed by atoms with E-state index in [1.54, 1.807) is 0 Å². The van der Waals surface area contributed by atoms with Crippen molar-refractivity contribution in [1.82, 2.24) is 10.3 Å². The zero-order chi connectivity index (χ0) is 15.0. The number of aromatic nitrogens is 1. The predicted molar refractivity (Wildman–Crippen MR) is 83.0 cm³/mol. The average Bonchev–Trinajstić information content (AvgIpc) is 2.66. The van der Waals surface area contributed by atoms with Gasteiger partial charge in [-0.15, -0.1) is 0 Å². The van der Waals surface area contributed by atoms with Gasteiger partial charge in [0.25, 0.3) is 0 Å². The van der Waals surface area contributed by atoms with Crippen LogP contribution in [0.4, 0.5) is 5.82 Å². The van der Waals surface area contributed by atoms with E-state index >= 15 is 0 Å². The van der Waals surface area contributed by atoms with E-state index in [1.165, 1.54) is 11.1 Å². The van der Waals surface area contributed by atoms with Crippen molar-refractivity contribution in [2.75, 3.05) is 18.0 Å². The maximum absolute atomic E-state index is 10.1. The van der Waals surface area contributed by atoms with E-state index in [1.807, 2.05) is 13.1 Å². The Balaban J connectivity index is 2.07. The van der Waals surface area contributed by atoms with Crippen LogP contribution in [0.25, 0.3) is 0 Å². The Bertz CT molecular complexity index is 477. The molecule has 0 bridgehead atoms. The number of aryl methyl sites for hydroxylation is 1. The summed E-state index contributed by atoms with van der Waals surface area (Å²) in [5.74, 6) is 1.00. The second kappa shape index (κ2) is 5.34. The molecule has 2 rings (SSSR count). The number of hydrogen-bond acceptors (Lipinski definition) is 4. The van der Waals surface area contributed by atoms with Gasteiger partial charge < -0.3 is 15.3 Å². The van der Waals surface area contributed by atoms with E-state index in [2.05, 4.69) is 49.0 Å². The molecule has 0 aliphatic carbocycles. The van der Waals surface area contributed by atoms with Gasteiger partial charge in [0.15, 0.2) is 0 Å². The standard InChI is InChI=1S/C16H27N3O/c1-12-8-13(10-18-15(2,3)4)9-17-14(12)19-7-6-16(5,20)11-19/h8-9,18,20H,6-7,10-11H2,1-5H3. The Morgan fingerprint density at radius 2 is 2.15 bits per heavy atom. The molecule has 112 valence electrons. The third-order valence-corrected chi connectivity index (χ3v) is 3.68. The molecule has 4 nitrogen and oxygen atoms in total. The van der Waals surface area contributed by atoms with Gasteiger partial charge in [0.2, 0.25) is 0 Å². The summed E-state index contributed by atoms with van der Waals surface area (Å²) in [6.45, 7) is 12.8. The molecular weight excluding hydrogens is 250 g/mol. The first-order valence-electron chi connectivity index (χ1n) is 7.34. The molecule has 1 aliphatic rings. The maximum Gasteiger partial charge on any atom is 0.131 e. The molecule has 2 heterocycles. The number of nitrogens with one attached hydrogen (secondary N) is 1. The van der Waals surface area contributed by atoms with Crippen LogP contribution in [0.5, 0.6) is 0 Å². The third-order valence-electron chi connectivity index (χ3n) is 3.68. The number of anilines is 1. The number of aliphatic hydroxyl groups is 1. The summed E-state index contributed by atoms with van der Waals surface area (Å²) in [4.78, 5) is 6.78. The molecule has 1 saturated heterocycles. The van der Waals surface area contributed by atoms with Crippen LogP contribution in [0.15, 0.2) is 12.3 Å². The molecule has 2 N–H and O–H groups in total. The van der Waals surface area contributed by atoms with Gasteiger partial charge in [0.05, 0.1) is 5.60 Å². The lowest BCUT2D eigenvalue weighted by Crippen LogP contribution is -2.35. The van der Waals surface area contributed by atoms with Gasteiger partial charge in [-0.2, -0.15) is 0 Å². The van der Waals surface area contributed by atoms with Crippen LogP contribution in [-0.2, 0) is 6.54 Å². The van der Waals surface area contributed by atoms with Crippen molar-refractivity contribution < 1.29 is 5.11 Å². The molecule has 20 heavy (non-hydrogen) atoms. The van der Waals surface area contributed by atoms with Gasteiger partial charge in [0.1, 0.15) is 5.82 Å². The fourth-order valence-corrected chi connectivity index (χ4v) is 2.55. The molecule has 0 aromatic carbocycles. The van der Waals surface area contributed by atoms with Crippen LogP contribution in [-0.4, -0.2) is 34.3 Å². The molecule has 0 amide bonds. The Kier molecular flexibility index (Phi) is 4.07. The first-order chi connectivity index (χ1) is 9.16. The third kappa shape index (κ3) is 3.93. The van der Waals surface area contributed by atoms with Crippen molar-refractivity contribution in [3.05, 3.63) is 23.4 Å². The topological polar surface area (TPSA) is 48.4 Å². The summed E-state index contributed by atoms with van der Waals surface area (Å²) in [6, 6.07) is 2.19. The summed E-state index contributed by atoms with van der Waals surface area (Å²) in [6.07, 6.45) is 2.75. The monoisotopic (exact) mass is 277 g/mol. The van der Waals surface area contributed by atoms with Crippen LogP contribution in [0.3, 0.4) is 0 Å². The normalized spacial score (nSPS) is 23.4. The Morgan fingerprint density at radius 3 is 2.65 bits per heavy atom. The summed E-state index contributed by atoms with van der Waals surface area (Å²) in [7, 11) is 0. The van der Waals surface area contributed by atoms with Crippen molar-refractivity contribution in [2.45, 2.75) is 58.7 Å². The molecule has 1 fully saturated rings. The Hall–Kier alpha value is -1.13. The van der Waals surface area contributed by atoms with Gasteiger partial charge in [-0.05, 0) is 58.2 Å². The van der Waals surface area contributed by atoms with Gasteiger partial charge in [-0.1, -0.05) is 0 Å². The second-order valence-electron chi connectivity index (χ2n) is 7.26. The van der Waals surface area contributed by atoms with E-state index in [9.17, 15) is 5.11 Å². The first-order valence-corrected chi connectivity index (χ1v) is 7.34. The zero-order valence-electron chi connectivity index (χ0n) is 13.3. The Labute approximate surface area is 122 Å². The van der Waals surface area contributed by atoms with Crippen LogP contribution in [0.2, 0.25) is 0 Å². The molecule has 0 spiro atoms. The van der Waals surface area contributed by atoms with Crippen molar-refractivity contribution in [2.24, 2.45) is 0 Å². The number of hydrogen-bond donors (Lipinski definition) is 2. The highest BCUT2D eigenvalue weighted by Gasteiger charge is 2.32. The lowest BCUT2D eigenvalue weighted by Gasteiger charge is -2.23. The molecule has 1 aromatic heterocycles. The van der Waals surface area contributed by atoms with Crippen LogP contribution >= 0.6 is 0 Å². The highest BCUT2D eigenvalue weighted by Crippen LogP contribution is 2.27. The molecule has 4 heteroatoms. The largest absolute Gasteiger partial charge is 0.388 e. The average molecular weight is 277 g/mol. The van der Waals surface area contributed by atoms with Crippen molar-refractivity contribution in [3.63, 3.8) is 0 Å². The molecule has 1 unspecified atom stereocenters. The van der Waals surface area contributed by atoms with Crippen molar-refractivity contribution in [1.29, 1.82) is 0 Å². The van der Waals surface area contributed by atoms with Crippen molar-refractivity contribution in [3.8, 4) is 0 Å². The fourth-order valence-electron chi connectivity index (χ4n) is 2.55. The Morgan fingerprint density at radius 1 is 1.45 bits per heavy atom. The van der Waals surface area contributed by atoms with Gasteiger partial charge >= 0.3 is 0 Å². The SMILES string of the molecule is Cc1cc(CNC(C)(C)C)cnc1N1CCC(C)(O)C1. The van der Waals surface area contributed by atoms with Crippen molar-refractivity contribution >= 4 is 5.82 Å². The molecule has 0 saturated carbocycles. The highest BCUT2D eigenvalue weighted by molar-refractivity contribution is 5.48. The summed E-state index contributed by atoms with van der Waals surface area (Å²) < 4.78 is 0. The van der Waals surface area contributed by atoms with Crippen LogP contribution < -0.4 is 10.2 Å². The highest BCUT2D eigenvalue weighted by atomic mass is 16.3. The van der Waals surface area contributed by atoms with E-state index in [0.29, 0.717) is 6.54 Å². The minimum atomic E-state index is -0.583. The molecular formula is C16H27N3O. The first kappa shape index (κ1) is 15.3. The quantitative estimate of drug-likeness (QED) is 0.889. The molecule has 1 atom stereocenters. The van der Waals surface area contributed by atoms with E-state index in [4.69, 9.17) is 0 Å².